The van der Waals surface area contributed by atoms with Gasteiger partial charge in [-0.15, -0.1) is 0 Å². The van der Waals surface area contributed by atoms with Crippen LogP contribution in [0.15, 0.2) is 4.52 Å². The lowest BCUT2D eigenvalue weighted by atomic mass is 9.92. The molecule has 4 heteroatoms. The summed E-state index contributed by atoms with van der Waals surface area (Å²) in [6.07, 6.45) is 3.41. The predicted molar refractivity (Wildman–Crippen MR) is 57.3 cm³/mol. The van der Waals surface area contributed by atoms with Gasteiger partial charge in [-0.2, -0.15) is 4.98 Å². The first kappa shape index (κ1) is 10.6. The molecule has 1 heterocycles. The third kappa shape index (κ3) is 3.63. The first-order chi connectivity index (χ1) is 7.03. The number of hydrogen-bond acceptors (Lipinski definition) is 4. The number of aromatic nitrogens is 2. The molecule has 0 atom stereocenters. The van der Waals surface area contributed by atoms with Gasteiger partial charge in [0.05, 0.1) is 6.54 Å². The highest BCUT2D eigenvalue weighted by Crippen LogP contribution is 2.20. The van der Waals surface area contributed by atoms with Crippen molar-refractivity contribution in [2.75, 3.05) is 0 Å². The second kappa shape index (κ2) is 3.93. The Morgan fingerprint density at radius 1 is 1.40 bits per heavy atom. The fraction of sp³-hybridized carbons (Fsp3) is 0.818. The molecule has 0 aromatic carbocycles. The van der Waals surface area contributed by atoms with Gasteiger partial charge in [0.1, 0.15) is 0 Å². The van der Waals surface area contributed by atoms with Crippen LogP contribution in [0.5, 0.6) is 0 Å². The number of nitrogens with one attached hydrogen (secondary N) is 1. The van der Waals surface area contributed by atoms with Gasteiger partial charge < -0.3 is 9.84 Å². The van der Waals surface area contributed by atoms with Crippen LogP contribution in [0.25, 0.3) is 0 Å². The van der Waals surface area contributed by atoms with Crippen molar-refractivity contribution < 1.29 is 4.52 Å². The fourth-order valence-corrected chi connectivity index (χ4v) is 1.41. The van der Waals surface area contributed by atoms with E-state index in [2.05, 4.69) is 36.2 Å². The Kier molecular flexibility index (Phi) is 2.78. The molecule has 0 saturated heterocycles. The summed E-state index contributed by atoms with van der Waals surface area (Å²) in [7, 11) is 0. The van der Waals surface area contributed by atoms with Crippen molar-refractivity contribution in [3.8, 4) is 0 Å². The third-order valence-corrected chi connectivity index (χ3v) is 2.32. The van der Waals surface area contributed by atoms with Crippen LogP contribution in [-0.2, 0) is 13.0 Å². The molecule has 0 amide bonds. The Morgan fingerprint density at radius 2 is 2.13 bits per heavy atom. The predicted octanol–water partition coefficient (Wildman–Crippen LogP) is 1.91. The van der Waals surface area contributed by atoms with Crippen LogP contribution in [0.3, 0.4) is 0 Å². The minimum absolute atomic E-state index is 0.202. The SMILES string of the molecule is CC(C)(C)Cc1nc(CNC2CC2)no1. The molecule has 1 saturated carbocycles. The molecule has 1 N–H and O–H groups in total. The van der Waals surface area contributed by atoms with Gasteiger partial charge in [0, 0.05) is 12.5 Å². The number of nitrogens with zero attached hydrogens (tertiary/aromatic N) is 2. The zero-order valence-electron chi connectivity index (χ0n) is 9.71. The van der Waals surface area contributed by atoms with Crippen LogP contribution >= 0.6 is 0 Å². The van der Waals surface area contributed by atoms with Crippen LogP contribution in [0.2, 0.25) is 0 Å². The van der Waals surface area contributed by atoms with Crippen molar-refractivity contribution in [1.82, 2.24) is 15.5 Å². The average Bonchev–Trinajstić information content (AvgIpc) is 2.83. The van der Waals surface area contributed by atoms with E-state index in [0.29, 0.717) is 6.04 Å². The van der Waals surface area contributed by atoms with Gasteiger partial charge in [0.2, 0.25) is 5.89 Å². The van der Waals surface area contributed by atoms with Crippen LogP contribution in [0.1, 0.15) is 45.3 Å². The smallest absolute Gasteiger partial charge is 0.227 e. The van der Waals surface area contributed by atoms with Crippen molar-refractivity contribution in [3.05, 3.63) is 11.7 Å². The second-order valence-corrected chi connectivity index (χ2v) is 5.50. The summed E-state index contributed by atoms with van der Waals surface area (Å²) in [5, 5.41) is 7.32. The van der Waals surface area contributed by atoms with E-state index in [1.54, 1.807) is 0 Å². The van der Waals surface area contributed by atoms with Crippen molar-refractivity contribution in [1.29, 1.82) is 0 Å². The lowest BCUT2D eigenvalue weighted by molar-refractivity contribution is 0.312. The van der Waals surface area contributed by atoms with E-state index in [1.807, 2.05) is 0 Å². The standard InChI is InChI=1S/C11H19N3O/c1-11(2,3)6-10-13-9(14-15-10)7-12-8-4-5-8/h8,12H,4-7H2,1-3H3. The molecule has 2 rings (SSSR count). The molecule has 4 nitrogen and oxygen atoms in total. The second-order valence-electron chi connectivity index (χ2n) is 5.50. The maximum Gasteiger partial charge on any atom is 0.227 e. The molecule has 0 bridgehead atoms. The van der Waals surface area contributed by atoms with Crippen molar-refractivity contribution in [3.63, 3.8) is 0 Å². The lowest BCUT2D eigenvalue weighted by Gasteiger charge is -2.13. The van der Waals surface area contributed by atoms with Gasteiger partial charge in [0.25, 0.3) is 0 Å². The van der Waals surface area contributed by atoms with Crippen LogP contribution in [0.4, 0.5) is 0 Å². The molecule has 0 radical (unpaired) electrons. The van der Waals surface area contributed by atoms with Gasteiger partial charge in [-0.1, -0.05) is 25.9 Å². The van der Waals surface area contributed by atoms with Gasteiger partial charge in [0.15, 0.2) is 5.82 Å². The highest BCUT2D eigenvalue weighted by atomic mass is 16.5. The summed E-state index contributed by atoms with van der Waals surface area (Å²) in [6.45, 7) is 7.23. The van der Waals surface area contributed by atoms with Gasteiger partial charge in [-0.25, -0.2) is 0 Å². The van der Waals surface area contributed by atoms with Crippen LogP contribution in [-0.4, -0.2) is 16.2 Å². The maximum absolute atomic E-state index is 5.19. The molecule has 0 unspecified atom stereocenters. The molecular formula is C11H19N3O. The third-order valence-electron chi connectivity index (χ3n) is 2.32. The number of hydrogen-bond donors (Lipinski definition) is 1. The van der Waals surface area contributed by atoms with Crippen LogP contribution < -0.4 is 5.32 Å². The summed E-state index contributed by atoms with van der Waals surface area (Å²) in [4.78, 5) is 4.36. The molecule has 15 heavy (non-hydrogen) atoms. The van der Waals surface area contributed by atoms with E-state index in [9.17, 15) is 0 Å². The van der Waals surface area contributed by atoms with Gasteiger partial charge in [-0.3, -0.25) is 0 Å². The van der Waals surface area contributed by atoms with E-state index in [0.717, 1.165) is 24.7 Å². The van der Waals surface area contributed by atoms with Crippen molar-refractivity contribution in [2.45, 2.75) is 52.6 Å². The topological polar surface area (TPSA) is 51.0 Å². The summed E-state index contributed by atoms with van der Waals surface area (Å²) in [5.74, 6) is 1.52. The Balaban J connectivity index is 1.85. The Hall–Kier alpha value is -0.900. The van der Waals surface area contributed by atoms with Crippen molar-refractivity contribution >= 4 is 0 Å². The molecule has 1 fully saturated rings. The zero-order chi connectivity index (χ0) is 10.9. The maximum atomic E-state index is 5.19. The van der Waals surface area contributed by atoms with Gasteiger partial charge in [-0.05, 0) is 18.3 Å². The molecular weight excluding hydrogens is 190 g/mol. The Bertz CT molecular complexity index is 323. The largest absolute Gasteiger partial charge is 0.339 e. The van der Waals surface area contributed by atoms with E-state index >= 15 is 0 Å². The number of rotatable bonds is 4. The Labute approximate surface area is 90.4 Å². The van der Waals surface area contributed by atoms with Crippen molar-refractivity contribution in [2.24, 2.45) is 5.41 Å². The molecule has 1 aliphatic rings. The minimum atomic E-state index is 0.202. The molecule has 1 aromatic heterocycles. The summed E-state index contributed by atoms with van der Waals surface area (Å²) in [6, 6.07) is 0.689. The molecule has 1 aromatic rings. The van der Waals surface area contributed by atoms with Crippen LogP contribution in [0, 0.1) is 5.41 Å². The first-order valence-corrected chi connectivity index (χ1v) is 5.58. The molecule has 0 aliphatic heterocycles. The average molecular weight is 209 g/mol. The van der Waals surface area contributed by atoms with E-state index in [4.69, 9.17) is 4.52 Å². The summed E-state index contributed by atoms with van der Waals surface area (Å²) < 4.78 is 5.19. The summed E-state index contributed by atoms with van der Waals surface area (Å²) in [5.41, 5.74) is 0.202. The zero-order valence-corrected chi connectivity index (χ0v) is 9.71. The monoisotopic (exact) mass is 209 g/mol. The lowest BCUT2D eigenvalue weighted by Crippen LogP contribution is -2.16. The minimum Gasteiger partial charge on any atom is -0.339 e. The molecule has 0 spiro atoms. The summed E-state index contributed by atoms with van der Waals surface area (Å²) >= 11 is 0. The first-order valence-electron chi connectivity index (χ1n) is 5.58. The van der Waals surface area contributed by atoms with E-state index < -0.39 is 0 Å². The fourth-order valence-electron chi connectivity index (χ4n) is 1.41. The normalized spacial score (nSPS) is 17.0. The van der Waals surface area contributed by atoms with Gasteiger partial charge >= 0.3 is 0 Å². The highest BCUT2D eigenvalue weighted by molar-refractivity contribution is 4.91. The molecule has 1 aliphatic carbocycles. The Morgan fingerprint density at radius 3 is 2.73 bits per heavy atom. The quantitative estimate of drug-likeness (QED) is 0.823. The van der Waals surface area contributed by atoms with E-state index in [1.165, 1.54) is 12.8 Å². The highest BCUT2D eigenvalue weighted by Gasteiger charge is 2.21. The molecule has 84 valence electrons. The van der Waals surface area contributed by atoms with E-state index in [-0.39, 0.29) is 5.41 Å².